The molecule has 1 atom stereocenters. The van der Waals surface area contributed by atoms with Crippen molar-refractivity contribution in [3.8, 4) is 0 Å². The Hall–Kier alpha value is -0.870. The molecule has 0 aliphatic carbocycles. The number of amides is 1. The quantitative estimate of drug-likeness (QED) is 0.866. The Morgan fingerprint density at radius 3 is 3.12 bits per heavy atom. The molecule has 1 aromatic heterocycles. The van der Waals surface area contributed by atoms with E-state index in [9.17, 15) is 4.79 Å². The molecule has 0 saturated carbocycles. The number of aryl methyl sites for hydroxylation is 1. The second-order valence-corrected chi connectivity index (χ2v) is 5.40. The summed E-state index contributed by atoms with van der Waals surface area (Å²) in [7, 11) is 0. The molecule has 0 bridgehead atoms. The molecule has 17 heavy (non-hydrogen) atoms. The summed E-state index contributed by atoms with van der Waals surface area (Å²) in [6.07, 6.45) is 4.55. The summed E-state index contributed by atoms with van der Waals surface area (Å²) in [5.41, 5.74) is 2.50. The van der Waals surface area contributed by atoms with E-state index in [1.807, 2.05) is 0 Å². The molecule has 1 amide bonds. The molecule has 1 aliphatic rings. The van der Waals surface area contributed by atoms with Gasteiger partial charge in [0.05, 0.1) is 6.04 Å². The number of thiophene rings is 1. The lowest BCUT2D eigenvalue weighted by atomic mass is 10.1. The van der Waals surface area contributed by atoms with E-state index < -0.39 is 0 Å². The molecule has 1 saturated heterocycles. The maximum atomic E-state index is 12.0. The largest absolute Gasteiger partial charge is 0.351 e. The highest BCUT2D eigenvalue weighted by Gasteiger charge is 2.19. The van der Waals surface area contributed by atoms with Crippen LogP contribution in [0.1, 0.15) is 36.8 Å². The van der Waals surface area contributed by atoms with Gasteiger partial charge < -0.3 is 10.6 Å². The zero-order chi connectivity index (χ0) is 12.1. The maximum absolute atomic E-state index is 12.0. The minimum absolute atomic E-state index is 0.0106. The third-order valence-electron chi connectivity index (χ3n) is 3.29. The maximum Gasteiger partial charge on any atom is 0.237 e. The van der Waals surface area contributed by atoms with E-state index in [1.54, 1.807) is 11.3 Å². The summed E-state index contributed by atoms with van der Waals surface area (Å²) >= 11 is 1.69. The third kappa shape index (κ3) is 3.54. The molecular formula is C13H20N2OS. The fourth-order valence-corrected chi connectivity index (χ4v) is 2.98. The summed E-state index contributed by atoms with van der Waals surface area (Å²) < 4.78 is 0. The van der Waals surface area contributed by atoms with Crippen LogP contribution >= 0.6 is 11.3 Å². The van der Waals surface area contributed by atoms with E-state index >= 15 is 0 Å². The Labute approximate surface area is 107 Å². The van der Waals surface area contributed by atoms with Gasteiger partial charge in [0.25, 0.3) is 0 Å². The Bertz CT molecular complexity index is 367. The van der Waals surface area contributed by atoms with Crippen molar-refractivity contribution in [1.82, 2.24) is 10.6 Å². The molecule has 3 nitrogen and oxygen atoms in total. The first kappa shape index (κ1) is 12.6. The molecule has 0 spiro atoms. The first-order chi connectivity index (χ1) is 8.27. The minimum Gasteiger partial charge on any atom is -0.351 e. The smallest absolute Gasteiger partial charge is 0.237 e. The topological polar surface area (TPSA) is 41.1 Å². The summed E-state index contributed by atoms with van der Waals surface area (Å²) in [6, 6.07) is 0.0106. The fraction of sp³-hybridized carbons (Fsp3) is 0.615. The van der Waals surface area contributed by atoms with E-state index in [4.69, 9.17) is 0 Å². The number of carbonyl (C=O) groups excluding carboxylic acids is 1. The van der Waals surface area contributed by atoms with Crippen LogP contribution in [0.25, 0.3) is 0 Å². The summed E-state index contributed by atoms with van der Waals surface area (Å²) in [4.78, 5) is 12.0. The average Bonchev–Trinajstić information content (AvgIpc) is 2.58. The Morgan fingerprint density at radius 1 is 1.47 bits per heavy atom. The van der Waals surface area contributed by atoms with Crippen molar-refractivity contribution in [2.45, 2.75) is 45.2 Å². The van der Waals surface area contributed by atoms with E-state index in [-0.39, 0.29) is 11.9 Å². The Morgan fingerprint density at radius 2 is 2.35 bits per heavy atom. The molecule has 2 N–H and O–H groups in total. The number of hydrogen-bond acceptors (Lipinski definition) is 3. The highest BCUT2D eigenvalue weighted by molar-refractivity contribution is 7.08. The molecule has 94 valence electrons. The summed E-state index contributed by atoms with van der Waals surface area (Å²) in [5, 5.41) is 10.6. The molecule has 4 heteroatoms. The lowest BCUT2D eigenvalue weighted by Crippen LogP contribution is -2.43. The van der Waals surface area contributed by atoms with Gasteiger partial charge in [0, 0.05) is 6.54 Å². The third-order valence-corrected chi connectivity index (χ3v) is 4.20. The van der Waals surface area contributed by atoms with Crippen molar-refractivity contribution in [3.05, 3.63) is 21.9 Å². The van der Waals surface area contributed by atoms with Crippen molar-refractivity contribution in [3.63, 3.8) is 0 Å². The molecule has 2 heterocycles. The number of carbonyl (C=O) groups is 1. The van der Waals surface area contributed by atoms with Crippen molar-refractivity contribution in [2.24, 2.45) is 0 Å². The number of nitrogens with one attached hydrogen (secondary N) is 2. The van der Waals surface area contributed by atoms with Gasteiger partial charge in [-0.15, -0.1) is 0 Å². The predicted octanol–water partition coefficient (Wildman–Crippen LogP) is 2.20. The molecule has 1 aliphatic heterocycles. The Kier molecular flexibility index (Phi) is 4.57. The van der Waals surface area contributed by atoms with Crippen molar-refractivity contribution in [1.29, 1.82) is 0 Å². The van der Waals surface area contributed by atoms with Crippen molar-refractivity contribution >= 4 is 17.2 Å². The van der Waals surface area contributed by atoms with Crippen LogP contribution in [-0.2, 0) is 11.3 Å². The molecule has 2 rings (SSSR count). The number of hydrogen-bond donors (Lipinski definition) is 2. The van der Waals surface area contributed by atoms with Crippen LogP contribution in [0.5, 0.6) is 0 Å². The summed E-state index contributed by atoms with van der Waals surface area (Å²) in [6.45, 7) is 3.71. The SMILES string of the molecule is Cc1cscc1CNC(=O)C1CCCCCN1. The van der Waals surface area contributed by atoms with Crippen molar-refractivity contribution < 1.29 is 4.79 Å². The molecule has 0 radical (unpaired) electrons. The molecular weight excluding hydrogens is 232 g/mol. The molecule has 1 unspecified atom stereocenters. The second-order valence-electron chi connectivity index (χ2n) is 4.65. The van der Waals surface area contributed by atoms with Gasteiger partial charge in [0.2, 0.25) is 5.91 Å². The molecule has 0 aromatic carbocycles. The highest BCUT2D eigenvalue weighted by Crippen LogP contribution is 2.13. The van der Waals surface area contributed by atoms with Gasteiger partial charge in [-0.2, -0.15) is 11.3 Å². The first-order valence-electron chi connectivity index (χ1n) is 6.30. The van der Waals surface area contributed by atoms with Crippen LogP contribution in [0.3, 0.4) is 0 Å². The van der Waals surface area contributed by atoms with E-state index in [0.717, 1.165) is 19.4 Å². The highest BCUT2D eigenvalue weighted by atomic mass is 32.1. The van der Waals surface area contributed by atoms with Gasteiger partial charge in [-0.3, -0.25) is 4.79 Å². The monoisotopic (exact) mass is 252 g/mol. The lowest BCUT2D eigenvalue weighted by molar-refractivity contribution is -0.123. The standard InChI is InChI=1S/C13H20N2OS/c1-10-8-17-9-11(10)7-15-13(16)12-5-3-2-4-6-14-12/h8-9,12,14H,2-7H2,1H3,(H,15,16). The zero-order valence-corrected chi connectivity index (χ0v) is 11.1. The van der Waals surface area contributed by atoms with E-state index in [0.29, 0.717) is 6.54 Å². The zero-order valence-electron chi connectivity index (χ0n) is 10.3. The van der Waals surface area contributed by atoms with Crippen molar-refractivity contribution in [2.75, 3.05) is 6.54 Å². The van der Waals surface area contributed by atoms with Gasteiger partial charge in [-0.05, 0) is 48.2 Å². The first-order valence-corrected chi connectivity index (χ1v) is 7.24. The van der Waals surface area contributed by atoms with E-state index in [1.165, 1.54) is 24.0 Å². The lowest BCUT2D eigenvalue weighted by Gasteiger charge is -2.15. The average molecular weight is 252 g/mol. The van der Waals surface area contributed by atoms with Gasteiger partial charge in [0.15, 0.2) is 0 Å². The van der Waals surface area contributed by atoms with Gasteiger partial charge in [-0.1, -0.05) is 12.8 Å². The fourth-order valence-electron chi connectivity index (χ4n) is 2.13. The molecule has 1 aromatic rings. The predicted molar refractivity (Wildman–Crippen MR) is 71.2 cm³/mol. The van der Waals surface area contributed by atoms with Crippen LogP contribution in [0, 0.1) is 6.92 Å². The van der Waals surface area contributed by atoms with Crippen LogP contribution in [0.2, 0.25) is 0 Å². The van der Waals surface area contributed by atoms with Gasteiger partial charge >= 0.3 is 0 Å². The van der Waals surface area contributed by atoms with Gasteiger partial charge in [0.1, 0.15) is 0 Å². The summed E-state index contributed by atoms with van der Waals surface area (Å²) in [5.74, 6) is 0.150. The minimum atomic E-state index is 0.0106. The Balaban J connectivity index is 1.82. The van der Waals surface area contributed by atoms with E-state index in [2.05, 4.69) is 28.3 Å². The second kappa shape index (κ2) is 6.17. The normalized spacial score (nSPS) is 20.9. The van der Waals surface area contributed by atoms with Crippen LogP contribution in [0.4, 0.5) is 0 Å². The number of rotatable bonds is 3. The van der Waals surface area contributed by atoms with Gasteiger partial charge in [-0.25, -0.2) is 0 Å². The van der Waals surface area contributed by atoms with Crippen LogP contribution in [-0.4, -0.2) is 18.5 Å². The van der Waals surface area contributed by atoms with Crippen LogP contribution in [0.15, 0.2) is 10.8 Å². The van der Waals surface area contributed by atoms with Crippen LogP contribution < -0.4 is 10.6 Å². The molecule has 1 fully saturated rings.